The molecule has 3 nitrogen and oxygen atoms in total. The van der Waals surface area contributed by atoms with Crippen LogP contribution in [0.15, 0.2) is 30.3 Å². The van der Waals surface area contributed by atoms with Crippen LogP contribution in [0.5, 0.6) is 0 Å². The molecule has 0 aliphatic rings. The minimum absolute atomic E-state index is 0.705. The molecule has 1 aromatic heterocycles. The smallest absolute Gasteiger partial charge is 0.153 e. The third-order valence-corrected chi connectivity index (χ3v) is 2.68. The van der Waals surface area contributed by atoms with Crippen LogP contribution in [0, 0.1) is 6.92 Å². The van der Waals surface area contributed by atoms with Gasteiger partial charge in [-0.2, -0.15) is 5.10 Å². The highest BCUT2D eigenvalue weighted by atomic mass is 16.1. The fraction of sp³-hybridized carbons (Fsp3) is 0.231. The molecule has 1 aromatic carbocycles. The number of nitrogens with zero attached hydrogens (tertiary/aromatic N) is 1. The van der Waals surface area contributed by atoms with Crippen molar-refractivity contribution >= 4 is 6.29 Å². The summed E-state index contributed by atoms with van der Waals surface area (Å²) in [5.74, 6) is 0. The van der Waals surface area contributed by atoms with Gasteiger partial charge in [0.25, 0.3) is 0 Å². The number of nitrogens with one attached hydrogen (secondary N) is 1. The van der Waals surface area contributed by atoms with Crippen LogP contribution in [0.3, 0.4) is 0 Å². The zero-order valence-electron chi connectivity index (χ0n) is 9.23. The maximum atomic E-state index is 10.9. The lowest BCUT2D eigenvalue weighted by Crippen LogP contribution is -1.95. The molecule has 0 bridgehead atoms. The van der Waals surface area contributed by atoms with Crippen LogP contribution < -0.4 is 0 Å². The number of hydrogen-bond acceptors (Lipinski definition) is 2. The van der Waals surface area contributed by atoms with Gasteiger partial charge >= 0.3 is 0 Å². The van der Waals surface area contributed by atoms with E-state index in [-0.39, 0.29) is 0 Å². The topological polar surface area (TPSA) is 45.8 Å². The Balaban J connectivity index is 2.08. The molecule has 1 heterocycles. The highest BCUT2D eigenvalue weighted by Gasteiger charge is 2.08. The Bertz CT molecular complexity index is 474. The molecule has 0 fully saturated rings. The van der Waals surface area contributed by atoms with E-state index in [1.54, 1.807) is 0 Å². The Morgan fingerprint density at radius 1 is 1.25 bits per heavy atom. The summed E-state index contributed by atoms with van der Waals surface area (Å²) in [4.78, 5) is 10.9. The lowest BCUT2D eigenvalue weighted by molar-refractivity contribution is 0.112. The van der Waals surface area contributed by atoms with Gasteiger partial charge in [0, 0.05) is 5.69 Å². The maximum Gasteiger partial charge on any atom is 0.153 e. The fourth-order valence-electron chi connectivity index (χ4n) is 1.74. The Morgan fingerprint density at radius 3 is 2.69 bits per heavy atom. The first kappa shape index (κ1) is 10.6. The van der Waals surface area contributed by atoms with E-state index in [1.165, 1.54) is 5.56 Å². The summed E-state index contributed by atoms with van der Waals surface area (Å²) < 4.78 is 0. The van der Waals surface area contributed by atoms with E-state index in [0.29, 0.717) is 5.56 Å². The second-order valence-corrected chi connectivity index (χ2v) is 3.81. The highest BCUT2D eigenvalue weighted by molar-refractivity contribution is 5.78. The molecule has 1 N–H and O–H groups in total. The number of aromatic amines is 1. The number of H-pyrrole nitrogens is 1. The SMILES string of the molecule is Cc1[nH]nc(CCc2ccccc2)c1C=O. The maximum absolute atomic E-state index is 10.9. The zero-order valence-corrected chi connectivity index (χ0v) is 9.23. The Morgan fingerprint density at radius 2 is 2.00 bits per heavy atom. The van der Waals surface area contributed by atoms with Gasteiger partial charge < -0.3 is 0 Å². The molecule has 82 valence electrons. The first-order valence-corrected chi connectivity index (χ1v) is 5.34. The number of benzene rings is 1. The molecule has 0 amide bonds. The number of aryl methyl sites for hydroxylation is 3. The molecule has 2 rings (SSSR count). The van der Waals surface area contributed by atoms with Gasteiger partial charge in [0.15, 0.2) is 6.29 Å². The normalized spacial score (nSPS) is 10.3. The van der Waals surface area contributed by atoms with Crippen molar-refractivity contribution in [2.24, 2.45) is 0 Å². The van der Waals surface area contributed by atoms with Crippen molar-refractivity contribution in [2.45, 2.75) is 19.8 Å². The predicted molar refractivity (Wildman–Crippen MR) is 62.6 cm³/mol. The first-order chi connectivity index (χ1) is 7.81. The van der Waals surface area contributed by atoms with E-state index in [4.69, 9.17) is 0 Å². The van der Waals surface area contributed by atoms with Crippen molar-refractivity contribution in [1.82, 2.24) is 10.2 Å². The summed E-state index contributed by atoms with van der Waals surface area (Å²) in [5.41, 5.74) is 3.67. The number of carbonyl (C=O) groups is 1. The van der Waals surface area contributed by atoms with E-state index in [1.807, 2.05) is 25.1 Å². The van der Waals surface area contributed by atoms with Crippen LogP contribution in [0.4, 0.5) is 0 Å². The second kappa shape index (κ2) is 4.75. The number of aromatic nitrogens is 2. The van der Waals surface area contributed by atoms with Crippen molar-refractivity contribution in [3.05, 3.63) is 52.8 Å². The molecule has 0 unspecified atom stereocenters. The standard InChI is InChI=1S/C13H14N2O/c1-10-12(9-16)13(15-14-10)8-7-11-5-3-2-4-6-11/h2-6,9H,7-8H2,1H3,(H,14,15). The van der Waals surface area contributed by atoms with Crippen molar-refractivity contribution in [3.63, 3.8) is 0 Å². The lowest BCUT2D eigenvalue weighted by atomic mass is 10.1. The van der Waals surface area contributed by atoms with Crippen LogP contribution in [0.2, 0.25) is 0 Å². The van der Waals surface area contributed by atoms with Gasteiger partial charge in [0.05, 0.1) is 11.3 Å². The van der Waals surface area contributed by atoms with E-state index in [2.05, 4.69) is 22.3 Å². The molecule has 0 saturated heterocycles. The van der Waals surface area contributed by atoms with E-state index >= 15 is 0 Å². The molecule has 0 aliphatic carbocycles. The number of rotatable bonds is 4. The summed E-state index contributed by atoms with van der Waals surface area (Å²) in [5, 5.41) is 6.99. The summed E-state index contributed by atoms with van der Waals surface area (Å²) >= 11 is 0. The zero-order chi connectivity index (χ0) is 11.4. The summed E-state index contributed by atoms with van der Waals surface area (Å²) in [6.45, 7) is 1.86. The Labute approximate surface area is 94.5 Å². The highest BCUT2D eigenvalue weighted by Crippen LogP contribution is 2.11. The van der Waals surface area contributed by atoms with Crippen LogP contribution in [-0.2, 0) is 12.8 Å². The minimum atomic E-state index is 0.705. The molecular weight excluding hydrogens is 200 g/mol. The molecule has 0 atom stereocenters. The third-order valence-electron chi connectivity index (χ3n) is 2.68. The van der Waals surface area contributed by atoms with Crippen LogP contribution in [0.1, 0.15) is 27.3 Å². The van der Waals surface area contributed by atoms with E-state index in [9.17, 15) is 4.79 Å². The summed E-state index contributed by atoms with van der Waals surface area (Å²) in [6.07, 6.45) is 2.58. The second-order valence-electron chi connectivity index (χ2n) is 3.81. The molecule has 3 heteroatoms. The first-order valence-electron chi connectivity index (χ1n) is 5.34. The summed E-state index contributed by atoms with van der Waals surface area (Å²) in [7, 11) is 0. The predicted octanol–water partition coefficient (Wildman–Crippen LogP) is 2.32. The molecule has 16 heavy (non-hydrogen) atoms. The van der Waals surface area contributed by atoms with Gasteiger partial charge in [-0.15, -0.1) is 0 Å². The van der Waals surface area contributed by atoms with Crippen molar-refractivity contribution in [3.8, 4) is 0 Å². The molecule has 0 spiro atoms. The average molecular weight is 214 g/mol. The van der Waals surface area contributed by atoms with Gasteiger partial charge in [0.1, 0.15) is 0 Å². The minimum Gasteiger partial charge on any atom is -0.298 e. The number of hydrogen-bond donors (Lipinski definition) is 1. The molecule has 2 aromatic rings. The van der Waals surface area contributed by atoms with Crippen molar-refractivity contribution < 1.29 is 4.79 Å². The number of carbonyl (C=O) groups excluding carboxylic acids is 1. The third kappa shape index (κ3) is 2.19. The largest absolute Gasteiger partial charge is 0.298 e. The van der Waals surface area contributed by atoms with Gasteiger partial charge in [-0.25, -0.2) is 0 Å². The molecule has 0 aliphatic heterocycles. The number of aldehydes is 1. The Kier molecular flexibility index (Phi) is 3.15. The molecular formula is C13H14N2O. The van der Waals surface area contributed by atoms with E-state index in [0.717, 1.165) is 30.5 Å². The van der Waals surface area contributed by atoms with Gasteiger partial charge in [-0.05, 0) is 25.3 Å². The van der Waals surface area contributed by atoms with Gasteiger partial charge in [-0.3, -0.25) is 9.89 Å². The summed E-state index contributed by atoms with van der Waals surface area (Å²) in [6, 6.07) is 10.2. The molecule has 0 radical (unpaired) electrons. The van der Waals surface area contributed by atoms with Crippen LogP contribution in [0.25, 0.3) is 0 Å². The van der Waals surface area contributed by atoms with Gasteiger partial charge in [0.2, 0.25) is 0 Å². The average Bonchev–Trinajstić information content (AvgIpc) is 2.68. The van der Waals surface area contributed by atoms with Gasteiger partial charge in [-0.1, -0.05) is 30.3 Å². The van der Waals surface area contributed by atoms with Crippen molar-refractivity contribution in [2.75, 3.05) is 0 Å². The van der Waals surface area contributed by atoms with E-state index < -0.39 is 0 Å². The van der Waals surface area contributed by atoms with Crippen LogP contribution >= 0.6 is 0 Å². The lowest BCUT2D eigenvalue weighted by Gasteiger charge is -1.99. The quantitative estimate of drug-likeness (QED) is 0.794. The molecule has 0 saturated carbocycles. The van der Waals surface area contributed by atoms with Crippen molar-refractivity contribution in [1.29, 1.82) is 0 Å². The van der Waals surface area contributed by atoms with Crippen LogP contribution in [-0.4, -0.2) is 16.5 Å². The monoisotopic (exact) mass is 214 g/mol. The fourth-order valence-corrected chi connectivity index (χ4v) is 1.74. The Hall–Kier alpha value is -1.90.